The summed E-state index contributed by atoms with van der Waals surface area (Å²) in [4.78, 5) is 27.6. The van der Waals surface area contributed by atoms with E-state index in [0.29, 0.717) is 22.3 Å². The Bertz CT molecular complexity index is 607. The van der Waals surface area contributed by atoms with Crippen molar-refractivity contribution in [3.05, 3.63) is 22.7 Å². The fraction of sp³-hybridized carbons (Fsp3) is 0.467. The van der Waals surface area contributed by atoms with E-state index in [0.717, 1.165) is 31.6 Å². The zero-order chi connectivity index (χ0) is 15.1. The number of hydrogen-bond donors (Lipinski definition) is 1. The van der Waals surface area contributed by atoms with Crippen LogP contribution in [0.3, 0.4) is 0 Å². The number of fused-ring (bicyclic) bond motifs is 1. The van der Waals surface area contributed by atoms with E-state index < -0.39 is 11.7 Å². The Hall–Kier alpha value is -1.59. The Morgan fingerprint density at radius 1 is 1.24 bits per heavy atom. The van der Waals surface area contributed by atoms with Gasteiger partial charge in [0.2, 0.25) is 0 Å². The Kier molecular flexibility index (Phi) is 3.63. The normalized spacial score (nSPS) is 19.1. The molecular formula is C15H18ClN3O2. The summed E-state index contributed by atoms with van der Waals surface area (Å²) in [6, 6.07) is 4.01. The first kappa shape index (κ1) is 14.4. The van der Waals surface area contributed by atoms with Gasteiger partial charge in [-0.2, -0.15) is 0 Å². The molecule has 1 aromatic rings. The summed E-state index contributed by atoms with van der Waals surface area (Å²) in [5, 5.41) is 3.13. The van der Waals surface area contributed by atoms with E-state index in [1.54, 1.807) is 6.07 Å². The number of ketones is 1. The third-order valence-corrected chi connectivity index (χ3v) is 4.62. The number of nitrogens with one attached hydrogen (secondary N) is 1. The van der Waals surface area contributed by atoms with Crippen LogP contribution >= 0.6 is 11.6 Å². The SMILES string of the molecule is CN(C)C1CCN(c2cc3c(cc2Cl)C(=O)C(=O)N3)CC1. The third-order valence-electron chi connectivity index (χ3n) is 4.32. The van der Waals surface area contributed by atoms with Crippen molar-refractivity contribution < 1.29 is 9.59 Å². The number of rotatable bonds is 2. The molecule has 1 amide bonds. The van der Waals surface area contributed by atoms with Gasteiger partial charge < -0.3 is 15.1 Å². The number of halogens is 1. The average Bonchev–Trinajstić information content (AvgIpc) is 2.73. The van der Waals surface area contributed by atoms with Gasteiger partial charge in [0, 0.05) is 19.1 Å². The average molecular weight is 308 g/mol. The molecule has 0 saturated carbocycles. The summed E-state index contributed by atoms with van der Waals surface area (Å²) in [5.41, 5.74) is 1.83. The van der Waals surface area contributed by atoms with Crippen LogP contribution in [0.5, 0.6) is 0 Å². The summed E-state index contributed by atoms with van der Waals surface area (Å²) < 4.78 is 0. The lowest BCUT2D eigenvalue weighted by atomic mass is 10.0. The Morgan fingerprint density at radius 3 is 2.52 bits per heavy atom. The van der Waals surface area contributed by atoms with E-state index in [2.05, 4.69) is 29.2 Å². The van der Waals surface area contributed by atoms with Gasteiger partial charge in [-0.25, -0.2) is 0 Å². The molecule has 0 aliphatic carbocycles. The summed E-state index contributed by atoms with van der Waals surface area (Å²) in [6.07, 6.45) is 2.15. The van der Waals surface area contributed by atoms with Gasteiger partial charge in [0.25, 0.3) is 11.7 Å². The molecule has 0 radical (unpaired) electrons. The quantitative estimate of drug-likeness (QED) is 0.849. The van der Waals surface area contributed by atoms with Crippen LogP contribution in [0, 0.1) is 0 Å². The molecule has 6 heteroatoms. The molecule has 112 valence electrons. The fourth-order valence-corrected chi connectivity index (χ4v) is 3.30. The predicted octanol–water partition coefficient (Wildman–Crippen LogP) is 2.01. The van der Waals surface area contributed by atoms with E-state index in [-0.39, 0.29) is 0 Å². The van der Waals surface area contributed by atoms with Gasteiger partial charge in [0.1, 0.15) is 0 Å². The topological polar surface area (TPSA) is 52.7 Å². The van der Waals surface area contributed by atoms with Crippen LogP contribution in [0.2, 0.25) is 5.02 Å². The molecule has 0 unspecified atom stereocenters. The van der Waals surface area contributed by atoms with Gasteiger partial charge in [-0.15, -0.1) is 0 Å². The number of carbonyl (C=O) groups excluding carboxylic acids is 2. The lowest BCUT2D eigenvalue weighted by Crippen LogP contribution is -2.42. The van der Waals surface area contributed by atoms with Crippen molar-refractivity contribution in [1.29, 1.82) is 0 Å². The highest BCUT2D eigenvalue weighted by atomic mass is 35.5. The highest BCUT2D eigenvalue weighted by molar-refractivity contribution is 6.52. The first-order chi connectivity index (χ1) is 9.97. The minimum Gasteiger partial charge on any atom is -0.370 e. The summed E-state index contributed by atoms with van der Waals surface area (Å²) in [6.45, 7) is 1.84. The van der Waals surface area contributed by atoms with Crippen LogP contribution in [-0.4, -0.2) is 49.8 Å². The number of hydrogen-bond acceptors (Lipinski definition) is 4. The van der Waals surface area contributed by atoms with Crippen LogP contribution in [0.25, 0.3) is 0 Å². The minimum atomic E-state index is -0.579. The van der Waals surface area contributed by atoms with Gasteiger partial charge in [-0.1, -0.05) is 11.6 Å². The maximum atomic E-state index is 11.7. The van der Waals surface area contributed by atoms with E-state index >= 15 is 0 Å². The predicted molar refractivity (Wildman–Crippen MR) is 83.3 cm³/mol. The maximum absolute atomic E-state index is 11.7. The lowest BCUT2D eigenvalue weighted by molar-refractivity contribution is -0.112. The number of piperidine rings is 1. The monoisotopic (exact) mass is 307 g/mol. The highest BCUT2D eigenvalue weighted by Crippen LogP contribution is 2.36. The molecular weight excluding hydrogens is 290 g/mol. The smallest absolute Gasteiger partial charge is 0.296 e. The Balaban J connectivity index is 1.83. The largest absolute Gasteiger partial charge is 0.370 e. The number of benzene rings is 1. The molecule has 1 saturated heterocycles. The number of nitrogens with zero attached hydrogens (tertiary/aromatic N) is 2. The number of Topliss-reactive ketones (excluding diaryl/α,β-unsaturated/α-hetero) is 1. The second kappa shape index (κ2) is 5.31. The van der Waals surface area contributed by atoms with Crippen LogP contribution in [0.4, 0.5) is 11.4 Å². The molecule has 2 aliphatic heterocycles. The molecule has 0 aromatic heterocycles. The van der Waals surface area contributed by atoms with Crippen molar-refractivity contribution in [2.45, 2.75) is 18.9 Å². The molecule has 1 N–H and O–H groups in total. The number of anilines is 2. The van der Waals surface area contributed by atoms with Crippen LogP contribution in [0.1, 0.15) is 23.2 Å². The zero-order valence-electron chi connectivity index (χ0n) is 12.1. The van der Waals surface area contributed by atoms with Gasteiger partial charge in [0.15, 0.2) is 0 Å². The molecule has 1 aromatic carbocycles. The van der Waals surface area contributed by atoms with Crippen molar-refractivity contribution in [3.8, 4) is 0 Å². The molecule has 2 aliphatic rings. The zero-order valence-corrected chi connectivity index (χ0v) is 12.9. The van der Waals surface area contributed by atoms with Crippen LogP contribution in [-0.2, 0) is 4.79 Å². The number of carbonyl (C=O) groups is 2. The fourth-order valence-electron chi connectivity index (χ4n) is 3.02. The highest BCUT2D eigenvalue weighted by Gasteiger charge is 2.30. The van der Waals surface area contributed by atoms with Gasteiger partial charge in [0.05, 0.1) is 22.0 Å². The van der Waals surface area contributed by atoms with Crippen molar-refractivity contribution in [2.75, 3.05) is 37.4 Å². The van der Waals surface area contributed by atoms with Gasteiger partial charge in [-0.3, -0.25) is 9.59 Å². The van der Waals surface area contributed by atoms with E-state index in [9.17, 15) is 9.59 Å². The maximum Gasteiger partial charge on any atom is 0.296 e. The molecule has 1 fully saturated rings. The molecule has 21 heavy (non-hydrogen) atoms. The van der Waals surface area contributed by atoms with E-state index in [1.165, 1.54) is 0 Å². The summed E-state index contributed by atoms with van der Waals surface area (Å²) >= 11 is 6.31. The van der Waals surface area contributed by atoms with Crippen molar-refractivity contribution in [2.24, 2.45) is 0 Å². The summed E-state index contributed by atoms with van der Waals surface area (Å²) in [5.74, 6) is -1.09. The lowest BCUT2D eigenvalue weighted by Gasteiger charge is -2.37. The number of amides is 1. The first-order valence-corrected chi connectivity index (χ1v) is 7.46. The van der Waals surface area contributed by atoms with Crippen molar-refractivity contribution >= 4 is 34.7 Å². The molecule has 5 nitrogen and oxygen atoms in total. The second-order valence-electron chi connectivity index (χ2n) is 5.81. The van der Waals surface area contributed by atoms with E-state index in [4.69, 9.17) is 11.6 Å². The van der Waals surface area contributed by atoms with Gasteiger partial charge in [-0.05, 0) is 39.1 Å². The van der Waals surface area contributed by atoms with Crippen LogP contribution < -0.4 is 10.2 Å². The molecule has 0 spiro atoms. The van der Waals surface area contributed by atoms with Gasteiger partial charge >= 0.3 is 0 Å². The van der Waals surface area contributed by atoms with Crippen LogP contribution in [0.15, 0.2) is 12.1 Å². The van der Waals surface area contributed by atoms with Crippen molar-refractivity contribution in [1.82, 2.24) is 4.90 Å². The van der Waals surface area contributed by atoms with Crippen molar-refractivity contribution in [3.63, 3.8) is 0 Å². The standard InChI is InChI=1S/C15H18ClN3O2/c1-18(2)9-3-5-19(6-4-9)13-8-12-10(7-11(13)16)14(20)15(21)17-12/h7-9H,3-6H2,1-2H3,(H,17,20,21). The Morgan fingerprint density at radius 2 is 1.90 bits per heavy atom. The molecule has 0 bridgehead atoms. The molecule has 3 rings (SSSR count). The third kappa shape index (κ3) is 2.51. The minimum absolute atomic E-state index is 0.372. The molecule has 0 atom stereocenters. The second-order valence-corrected chi connectivity index (χ2v) is 6.22. The summed E-state index contributed by atoms with van der Waals surface area (Å²) in [7, 11) is 4.20. The van der Waals surface area contributed by atoms with E-state index in [1.807, 2.05) is 6.07 Å². The first-order valence-electron chi connectivity index (χ1n) is 7.08. The molecule has 2 heterocycles. The Labute approximate surface area is 128 Å².